The Morgan fingerprint density at radius 1 is 1.29 bits per heavy atom. The molecule has 1 aromatic rings. The first kappa shape index (κ1) is 12.5. The Morgan fingerprint density at radius 2 is 2.06 bits per heavy atom. The number of alkyl halides is 2. The summed E-state index contributed by atoms with van der Waals surface area (Å²) >= 11 is 1.96. The highest BCUT2D eigenvalue weighted by molar-refractivity contribution is 7.99. The molecule has 0 aromatic heterocycles. The van der Waals surface area contributed by atoms with Crippen LogP contribution in [0.5, 0.6) is 5.75 Å². The topological polar surface area (TPSA) is 21.3 Å². The molecule has 5 heteroatoms. The number of ether oxygens (including phenoxy) is 1. The van der Waals surface area contributed by atoms with Gasteiger partial charge in [-0.2, -0.15) is 20.5 Å². The minimum atomic E-state index is -2.77. The van der Waals surface area contributed by atoms with E-state index in [1.54, 1.807) is 12.1 Å². The lowest BCUT2D eigenvalue weighted by molar-refractivity contribution is -0.0498. The molecule has 0 amide bonds. The van der Waals surface area contributed by atoms with E-state index in [1.165, 1.54) is 6.07 Å². The van der Waals surface area contributed by atoms with Crippen LogP contribution in [0.1, 0.15) is 12.8 Å². The predicted molar refractivity (Wildman–Crippen MR) is 67.0 cm³/mol. The van der Waals surface area contributed by atoms with Crippen molar-refractivity contribution in [3.05, 3.63) is 24.3 Å². The molecule has 0 bridgehead atoms. The summed E-state index contributed by atoms with van der Waals surface area (Å²) in [7, 11) is 0. The summed E-state index contributed by atoms with van der Waals surface area (Å²) in [5.74, 6) is 2.52. The molecule has 2 rings (SSSR count). The van der Waals surface area contributed by atoms with E-state index < -0.39 is 6.61 Å². The van der Waals surface area contributed by atoms with E-state index in [4.69, 9.17) is 0 Å². The summed E-state index contributed by atoms with van der Waals surface area (Å²) in [6.07, 6.45) is 2.23. The number of thioether (sulfide) groups is 1. The number of rotatable bonds is 4. The fourth-order valence-electron chi connectivity index (χ4n) is 1.84. The Hall–Kier alpha value is -0.970. The van der Waals surface area contributed by atoms with Gasteiger partial charge in [0.2, 0.25) is 0 Å². The molecule has 1 aromatic carbocycles. The van der Waals surface area contributed by atoms with Crippen LogP contribution in [0.25, 0.3) is 0 Å². The highest BCUT2D eigenvalue weighted by Gasteiger charge is 2.13. The molecule has 0 atom stereocenters. The van der Waals surface area contributed by atoms with Crippen molar-refractivity contribution >= 4 is 17.4 Å². The molecule has 0 spiro atoms. The van der Waals surface area contributed by atoms with E-state index in [0.717, 1.165) is 30.0 Å². The maximum absolute atomic E-state index is 12.1. The standard InChI is InChI=1S/C12H15F2NOS/c13-12(14)16-11-3-1-2-10(8-11)15-9-4-6-17-7-5-9/h1-3,8-9,12,15H,4-7H2. The third-order valence-electron chi connectivity index (χ3n) is 2.65. The Kier molecular flexibility index (Phi) is 4.48. The van der Waals surface area contributed by atoms with Crippen molar-refractivity contribution < 1.29 is 13.5 Å². The molecule has 1 aliphatic rings. The van der Waals surface area contributed by atoms with Crippen LogP contribution in [0.3, 0.4) is 0 Å². The van der Waals surface area contributed by atoms with Crippen LogP contribution in [0.4, 0.5) is 14.5 Å². The van der Waals surface area contributed by atoms with Gasteiger partial charge in [0.05, 0.1) is 0 Å². The first-order valence-electron chi connectivity index (χ1n) is 5.63. The summed E-state index contributed by atoms with van der Waals surface area (Å²) in [6.45, 7) is -2.77. The van der Waals surface area contributed by atoms with Gasteiger partial charge in [0, 0.05) is 17.8 Å². The number of nitrogens with one attached hydrogen (secondary N) is 1. The maximum atomic E-state index is 12.1. The Morgan fingerprint density at radius 3 is 2.76 bits per heavy atom. The van der Waals surface area contributed by atoms with Crippen molar-refractivity contribution in [2.75, 3.05) is 16.8 Å². The van der Waals surface area contributed by atoms with Crippen LogP contribution in [0.15, 0.2) is 24.3 Å². The molecule has 0 saturated carbocycles. The molecule has 94 valence electrons. The lowest BCUT2D eigenvalue weighted by Gasteiger charge is -2.23. The first-order valence-corrected chi connectivity index (χ1v) is 6.78. The van der Waals surface area contributed by atoms with Crippen molar-refractivity contribution in [1.29, 1.82) is 0 Å². The van der Waals surface area contributed by atoms with E-state index in [0.29, 0.717) is 6.04 Å². The van der Waals surface area contributed by atoms with Crippen molar-refractivity contribution in [2.24, 2.45) is 0 Å². The molecule has 0 unspecified atom stereocenters. The fraction of sp³-hybridized carbons (Fsp3) is 0.500. The molecule has 1 aliphatic heterocycles. The first-order chi connectivity index (χ1) is 8.24. The zero-order chi connectivity index (χ0) is 12.1. The van der Waals surface area contributed by atoms with Gasteiger partial charge in [-0.1, -0.05) is 6.07 Å². The fourth-order valence-corrected chi connectivity index (χ4v) is 2.95. The van der Waals surface area contributed by atoms with Crippen LogP contribution in [-0.2, 0) is 0 Å². The minimum Gasteiger partial charge on any atom is -0.435 e. The van der Waals surface area contributed by atoms with Crippen LogP contribution in [0.2, 0.25) is 0 Å². The zero-order valence-electron chi connectivity index (χ0n) is 9.36. The molecular formula is C12H15F2NOS. The molecule has 1 fully saturated rings. The lowest BCUT2D eigenvalue weighted by atomic mass is 10.1. The van der Waals surface area contributed by atoms with Gasteiger partial charge in [0.25, 0.3) is 0 Å². The highest BCUT2D eigenvalue weighted by Crippen LogP contribution is 2.24. The second-order valence-corrected chi connectivity index (χ2v) is 5.16. The average molecular weight is 259 g/mol. The van der Waals surface area contributed by atoms with Crippen LogP contribution >= 0.6 is 11.8 Å². The van der Waals surface area contributed by atoms with Gasteiger partial charge in [-0.3, -0.25) is 0 Å². The normalized spacial score (nSPS) is 17.1. The van der Waals surface area contributed by atoms with Crippen molar-refractivity contribution in [2.45, 2.75) is 25.5 Å². The average Bonchev–Trinajstić information content (AvgIpc) is 2.30. The van der Waals surface area contributed by atoms with Crippen LogP contribution in [0, 0.1) is 0 Å². The summed E-state index contributed by atoms with van der Waals surface area (Å²) in [5, 5.41) is 3.36. The zero-order valence-corrected chi connectivity index (χ0v) is 10.2. The van der Waals surface area contributed by atoms with Gasteiger partial charge in [-0.15, -0.1) is 0 Å². The molecule has 17 heavy (non-hydrogen) atoms. The van der Waals surface area contributed by atoms with E-state index in [1.807, 2.05) is 17.8 Å². The Bertz CT molecular complexity index is 356. The van der Waals surface area contributed by atoms with Crippen LogP contribution < -0.4 is 10.1 Å². The van der Waals surface area contributed by atoms with Gasteiger partial charge < -0.3 is 10.1 Å². The Balaban J connectivity index is 1.95. The molecule has 1 N–H and O–H groups in total. The number of benzene rings is 1. The van der Waals surface area contributed by atoms with Gasteiger partial charge in [-0.05, 0) is 36.5 Å². The van der Waals surface area contributed by atoms with Crippen molar-refractivity contribution in [1.82, 2.24) is 0 Å². The summed E-state index contributed by atoms with van der Waals surface area (Å²) in [4.78, 5) is 0. The summed E-state index contributed by atoms with van der Waals surface area (Å²) in [6, 6.07) is 7.19. The smallest absolute Gasteiger partial charge is 0.387 e. The number of halogens is 2. The van der Waals surface area contributed by atoms with Gasteiger partial charge in [0.15, 0.2) is 0 Å². The molecular weight excluding hydrogens is 244 g/mol. The third kappa shape index (κ3) is 4.07. The molecule has 1 heterocycles. The third-order valence-corrected chi connectivity index (χ3v) is 3.70. The van der Waals surface area contributed by atoms with Gasteiger partial charge in [-0.25, -0.2) is 0 Å². The second kappa shape index (κ2) is 6.10. The second-order valence-electron chi connectivity index (χ2n) is 3.94. The largest absolute Gasteiger partial charge is 0.435 e. The van der Waals surface area contributed by atoms with Gasteiger partial charge in [0.1, 0.15) is 5.75 Å². The van der Waals surface area contributed by atoms with E-state index in [9.17, 15) is 8.78 Å². The summed E-state index contributed by atoms with van der Waals surface area (Å²) < 4.78 is 28.5. The summed E-state index contributed by atoms with van der Waals surface area (Å²) in [5.41, 5.74) is 0.847. The van der Waals surface area contributed by atoms with Crippen molar-refractivity contribution in [3.8, 4) is 5.75 Å². The monoisotopic (exact) mass is 259 g/mol. The molecule has 2 nitrogen and oxygen atoms in total. The molecule has 0 aliphatic carbocycles. The number of hydrogen-bond donors (Lipinski definition) is 1. The lowest BCUT2D eigenvalue weighted by Crippen LogP contribution is -2.24. The van der Waals surface area contributed by atoms with Crippen LogP contribution in [-0.4, -0.2) is 24.2 Å². The van der Waals surface area contributed by atoms with E-state index >= 15 is 0 Å². The van der Waals surface area contributed by atoms with E-state index in [2.05, 4.69) is 10.1 Å². The number of anilines is 1. The SMILES string of the molecule is FC(F)Oc1cccc(NC2CCSCC2)c1. The predicted octanol–water partition coefficient (Wildman–Crippen LogP) is 3.60. The highest BCUT2D eigenvalue weighted by atomic mass is 32.2. The Labute approximate surface area is 104 Å². The molecule has 0 radical (unpaired) electrons. The van der Waals surface area contributed by atoms with E-state index in [-0.39, 0.29) is 5.75 Å². The molecule has 1 saturated heterocycles. The number of hydrogen-bond acceptors (Lipinski definition) is 3. The quantitative estimate of drug-likeness (QED) is 0.892. The minimum absolute atomic E-state index is 0.204. The maximum Gasteiger partial charge on any atom is 0.387 e. The van der Waals surface area contributed by atoms with Gasteiger partial charge >= 0.3 is 6.61 Å². The van der Waals surface area contributed by atoms with Crippen molar-refractivity contribution in [3.63, 3.8) is 0 Å².